The number of allylic oxidation sites excluding steroid dienone is 5. The van der Waals surface area contributed by atoms with E-state index in [1.165, 1.54) is 22.8 Å². The van der Waals surface area contributed by atoms with Crippen molar-refractivity contribution in [3.63, 3.8) is 0 Å². The summed E-state index contributed by atoms with van der Waals surface area (Å²) >= 11 is 5.21. The number of alkyl halides is 6. The summed E-state index contributed by atoms with van der Waals surface area (Å²) in [6.45, 7) is 1.82. The molecule has 2 N–H and O–H groups in total. The third-order valence-electron chi connectivity index (χ3n) is 5.58. The molecular formula is C27H23F6LrN4O2S-. The molecule has 0 fully saturated rings. The van der Waals surface area contributed by atoms with Gasteiger partial charge < -0.3 is 27.2 Å². The molecule has 6 nitrogen and oxygen atoms in total. The van der Waals surface area contributed by atoms with E-state index in [1.54, 1.807) is 6.08 Å². The largest absolute Gasteiger partial charge is 0.573 e. The van der Waals surface area contributed by atoms with Crippen molar-refractivity contribution in [3.8, 4) is 11.6 Å². The Morgan fingerprint density at radius 3 is 2.41 bits per heavy atom. The number of rotatable bonds is 5. The first kappa shape index (κ1) is 32.1. The van der Waals surface area contributed by atoms with Crippen LogP contribution < -0.4 is 10.1 Å². The van der Waals surface area contributed by atoms with Gasteiger partial charge in [-0.15, -0.1) is 23.4 Å². The van der Waals surface area contributed by atoms with E-state index in [0.717, 1.165) is 36.3 Å². The van der Waals surface area contributed by atoms with Crippen LogP contribution in [0.3, 0.4) is 0 Å². The molecule has 0 saturated carbocycles. The Hall–Kier alpha value is -5.13. The third kappa shape index (κ3) is 7.94. The zero-order valence-electron chi connectivity index (χ0n) is 21.4. The fraction of sp³-hybridized carbons (Fsp3) is 0.185. The average Bonchev–Trinajstić information content (AvgIpc) is 2.95. The van der Waals surface area contributed by atoms with E-state index < -0.39 is 29.7 Å². The standard InChI is InChI=1S/C26H20F6N4O2S.CH3.Lr/c1-15-4-2-3-5-18(12-15)33-24(39)35-34-22-20-13-19(38-26(30,31)32)10-11-21(20)36(23(22)37)14-16-6-8-17(9-7-16)25(27,28)29;;/h2-3,5-13,37H,4,14H2,1H3,(H,33,39);1H3;/q;-1;. The van der Waals surface area contributed by atoms with Gasteiger partial charge in [0.1, 0.15) is 5.75 Å². The van der Waals surface area contributed by atoms with Crippen LogP contribution in [0.1, 0.15) is 24.5 Å². The summed E-state index contributed by atoms with van der Waals surface area (Å²) in [6, 6.07) is 7.61. The van der Waals surface area contributed by atoms with Gasteiger partial charge in [0.15, 0.2) is 5.69 Å². The number of hydrogen-bond donors (Lipinski definition) is 2. The number of aromatic hydroxyl groups is 1. The SMILES string of the molecule is CC1=CC(NC(=S)N=Nc2c(O)n(Cc3ccc(C(F)(F)F)cc3)c3ccc(OC(F)(F)F)cc23)=CC=CC1.[CH3-].[Lr]. The maximum Gasteiger partial charge on any atom is 0.573 e. The molecule has 3 aromatic rings. The number of hydrogen-bond acceptors (Lipinski definition) is 4. The van der Waals surface area contributed by atoms with Crippen molar-refractivity contribution in [3.05, 3.63) is 96.6 Å². The van der Waals surface area contributed by atoms with Crippen LogP contribution in [-0.2, 0) is 12.7 Å². The van der Waals surface area contributed by atoms with Crippen LogP contribution in [0, 0.1) is 7.43 Å². The van der Waals surface area contributed by atoms with E-state index in [2.05, 4.69) is 20.3 Å². The van der Waals surface area contributed by atoms with Gasteiger partial charge in [0.2, 0.25) is 11.0 Å². The quantitative estimate of drug-likeness (QED) is 0.117. The van der Waals surface area contributed by atoms with Crippen LogP contribution in [0.5, 0.6) is 11.6 Å². The van der Waals surface area contributed by atoms with E-state index in [-0.39, 0.29) is 35.7 Å². The molecular weight excluding hydrogens is 820 g/mol. The fourth-order valence-electron chi connectivity index (χ4n) is 3.86. The molecule has 1 aliphatic carbocycles. The monoisotopic (exact) mass is 843 g/mol. The Balaban J connectivity index is 0.00000294. The molecule has 1 heterocycles. The zero-order valence-corrected chi connectivity index (χ0v) is 24.4. The summed E-state index contributed by atoms with van der Waals surface area (Å²) < 4.78 is 82.5. The molecule has 41 heavy (non-hydrogen) atoms. The number of benzene rings is 2. The van der Waals surface area contributed by atoms with Crippen LogP contribution in [0.2, 0.25) is 0 Å². The molecule has 14 heteroatoms. The van der Waals surface area contributed by atoms with Crippen molar-refractivity contribution in [1.82, 2.24) is 9.88 Å². The number of nitrogens with zero attached hydrogens (tertiary/aromatic N) is 3. The topological polar surface area (TPSA) is 71.1 Å². The minimum absolute atomic E-state index is 0. The van der Waals surface area contributed by atoms with Gasteiger partial charge in [-0.2, -0.15) is 13.2 Å². The second-order valence-corrected chi connectivity index (χ2v) is 8.94. The minimum atomic E-state index is -4.96. The van der Waals surface area contributed by atoms with Gasteiger partial charge in [0.25, 0.3) is 0 Å². The summed E-state index contributed by atoms with van der Waals surface area (Å²) in [5, 5.41) is 21.7. The third-order valence-corrected chi connectivity index (χ3v) is 5.77. The van der Waals surface area contributed by atoms with Crippen molar-refractivity contribution in [2.24, 2.45) is 10.2 Å². The van der Waals surface area contributed by atoms with Crippen molar-refractivity contribution < 1.29 is 36.2 Å². The molecule has 1 radical (unpaired) electrons. The first-order valence-electron chi connectivity index (χ1n) is 11.3. The Labute approximate surface area is 231 Å². The first-order chi connectivity index (χ1) is 18.3. The number of halogens is 6. The Morgan fingerprint density at radius 1 is 1.10 bits per heavy atom. The molecule has 0 bridgehead atoms. The smallest absolute Gasteiger partial charge is 0.493 e. The molecule has 0 amide bonds. The van der Waals surface area contributed by atoms with Gasteiger partial charge in [-0.25, -0.2) is 0 Å². The average molecular weight is 844 g/mol. The number of thiocarbonyl (C=S) groups is 1. The maximum absolute atomic E-state index is 12.9. The van der Waals surface area contributed by atoms with Gasteiger partial charge in [0.05, 0.1) is 17.6 Å². The van der Waals surface area contributed by atoms with E-state index in [1.807, 2.05) is 25.2 Å². The molecule has 0 spiro atoms. The normalized spacial score (nSPS) is 13.6. The molecule has 0 atom stereocenters. The van der Waals surface area contributed by atoms with Gasteiger partial charge >= 0.3 is 12.5 Å². The molecule has 1 aromatic heterocycles. The molecule has 4 rings (SSSR count). The van der Waals surface area contributed by atoms with Crippen LogP contribution in [0.4, 0.5) is 32.0 Å². The number of azo groups is 1. The Kier molecular flexibility index (Phi) is 9.68. The molecule has 227 valence electrons. The second kappa shape index (κ2) is 12.4. The minimum Gasteiger partial charge on any atom is -0.493 e. The van der Waals surface area contributed by atoms with Crippen LogP contribution in [0.15, 0.2) is 88.3 Å². The summed E-state index contributed by atoms with van der Waals surface area (Å²) in [5.41, 5.74) is 1.28. The fourth-order valence-corrected chi connectivity index (χ4v) is 4.02. The summed E-state index contributed by atoms with van der Waals surface area (Å²) in [5.74, 6) is -1.04. The van der Waals surface area contributed by atoms with Gasteiger partial charge in [-0.3, -0.25) is 0 Å². The van der Waals surface area contributed by atoms with Crippen molar-refractivity contribution in [2.75, 3.05) is 0 Å². The Morgan fingerprint density at radius 2 is 1.78 bits per heavy atom. The predicted molar refractivity (Wildman–Crippen MR) is 143 cm³/mol. The van der Waals surface area contributed by atoms with Crippen LogP contribution >= 0.6 is 12.2 Å². The molecule has 2 aromatic carbocycles. The van der Waals surface area contributed by atoms with Crippen molar-refractivity contribution in [2.45, 2.75) is 32.4 Å². The number of fused-ring (bicyclic) bond motifs is 1. The summed E-state index contributed by atoms with van der Waals surface area (Å²) in [7, 11) is 0. The molecule has 0 aliphatic heterocycles. The summed E-state index contributed by atoms with van der Waals surface area (Å²) in [4.78, 5) is 0. The molecule has 0 saturated heterocycles. The zero-order chi connectivity index (χ0) is 28.4. The van der Waals surface area contributed by atoms with Crippen LogP contribution in [0.25, 0.3) is 10.9 Å². The number of nitrogens with one attached hydrogen (secondary N) is 1. The number of ether oxygens (including phenoxy) is 1. The first-order valence-corrected chi connectivity index (χ1v) is 11.7. The van der Waals surface area contributed by atoms with Gasteiger partial charge in [-0.1, -0.05) is 29.9 Å². The van der Waals surface area contributed by atoms with E-state index in [0.29, 0.717) is 11.3 Å². The van der Waals surface area contributed by atoms with E-state index in [9.17, 15) is 31.4 Å². The van der Waals surface area contributed by atoms with Crippen molar-refractivity contribution >= 4 is 33.9 Å². The molecule has 0 unspecified atom stereocenters. The summed E-state index contributed by atoms with van der Waals surface area (Å²) in [6.07, 6.45) is -1.31. The van der Waals surface area contributed by atoms with E-state index in [4.69, 9.17) is 12.2 Å². The Bertz CT molecular complexity index is 1520. The van der Waals surface area contributed by atoms with Crippen LogP contribution in [-0.4, -0.2) is 21.1 Å². The van der Waals surface area contributed by atoms with Gasteiger partial charge in [0, 0.05) is 11.1 Å². The second-order valence-electron chi connectivity index (χ2n) is 8.55. The van der Waals surface area contributed by atoms with Gasteiger partial charge in [-0.05, 0) is 73.6 Å². The predicted octanol–water partition coefficient (Wildman–Crippen LogP) is 8.51. The van der Waals surface area contributed by atoms with Crippen molar-refractivity contribution in [1.29, 1.82) is 0 Å². The number of aromatic nitrogens is 1. The maximum atomic E-state index is 12.9. The molecule has 1 aliphatic rings. The van der Waals surface area contributed by atoms with E-state index >= 15 is 0 Å².